The molecule has 0 amide bonds. The number of aliphatic imine (C=N–C) groups is 1. The lowest BCUT2D eigenvalue weighted by atomic mass is 10.1. The molecular formula is C20H27FIN3O3. The Bertz CT molecular complexity index is 752. The number of halogens is 2. The standard InChI is InChI=1S/C20H26FN3O3.HI/c1-4-22-20(23-12-14-7-5-6-8-18(14)21)24-13-19(25)15-9-16(26-2)11-17(10-15)27-3;/h5-11,19,25H,4,12-13H2,1-3H3,(H2,22,23,24);1H. The lowest BCUT2D eigenvalue weighted by Gasteiger charge is -2.17. The number of ether oxygens (including phenoxy) is 2. The van der Waals surface area contributed by atoms with Gasteiger partial charge in [-0.3, -0.25) is 0 Å². The summed E-state index contributed by atoms with van der Waals surface area (Å²) in [6, 6.07) is 11.8. The van der Waals surface area contributed by atoms with Crippen LogP contribution in [-0.2, 0) is 6.54 Å². The number of methoxy groups -OCH3 is 2. The zero-order valence-corrected chi connectivity index (χ0v) is 18.6. The van der Waals surface area contributed by atoms with Gasteiger partial charge in [0.25, 0.3) is 0 Å². The molecular weight excluding hydrogens is 476 g/mol. The fraction of sp³-hybridized carbons (Fsp3) is 0.350. The van der Waals surface area contributed by atoms with Crippen LogP contribution in [0.15, 0.2) is 47.5 Å². The molecule has 3 N–H and O–H groups in total. The van der Waals surface area contributed by atoms with Crippen LogP contribution in [0.4, 0.5) is 4.39 Å². The van der Waals surface area contributed by atoms with E-state index in [1.165, 1.54) is 6.07 Å². The predicted molar refractivity (Wildman–Crippen MR) is 119 cm³/mol. The number of aliphatic hydroxyl groups excluding tert-OH is 1. The van der Waals surface area contributed by atoms with Crippen LogP contribution >= 0.6 is 24.0 Å². The van der Waals surface area contributed by atoms with Crippen LogP contribution in [0.25, 0.3) is 0 Å². The average molecular weight is 503 g/mol. The zero-order valence-electron chi connectivity index (χ0n) is 16.2. The van der Waals surface area contributed by atoms with Crippen LogP contribution < -0.4 is 20.1 Å². The number of nitrogens with zero attached hydrogens (tertiary/aromatic N) is 1. The second kappa shape index (κ2) is 12.4. The third-order valence-corrected chi connectivity index (χ3v) is 3.93. The number of benzene rings is 2. The number of rotatable bonds is 8. The summed E-state index contributed by atoms with van der Waals surface area (Å²) < 4.78 is 24.2. The highest BCUT2D eigenvalue weighted by Gasteiger charge is 2.12. The molecule has 1 atom stereocenters. The van der Waals surface area contributed by atoms with Gasteiger partial charge in [-0.15, -0.1) is 24.0 Å². The van der Waals surface area contributed by atoms with Crippen LogP contribution in [0.3, 0.4) is 0 Å². The van der Waals surface area contributed by atoms with E-state index in [1.807, 2.05) is 6.92 Å². The van der Waals surface area contributed by atoms with E-state index in [4.69, 9.17) is 9.47 Å². The molecule has 2 aromatic carbocycles. The molecule has 0 heterocycles. The van der Waals surface area contributed by atoms with Crippen molar-refractivity contribution in [1.82, 2.24) is 10.6 Å². The summed E-state index contributed by atoms with van der Waals surface area (Å²) in [5, 5.41) is 16.6. The van der Waals surface area contributed by atoms with Crippen LogP contribution in [0, 0.1) is 5.82 Å². The lowest BCUT2D eigenvalue weighted by Crippen LogP contribution is -2.39. The van der Waals surface area contributed by atoms with E-state index in [0.717, 1.165) is 0 Å². The first kappa shape index (κ1) is 24.0. The van der Waals surface area contributed by atoms with Crippen LogP contribution in [-0.4, -0.2) is 38.4 Å². The molecule has 0 radical (unpaired) electrons. The molecule has 0 aliphatic rings. The van der Waals surface area contributed by atoms with Crippen LogP contribution in [0.5, 0.6) is 11.5 Å². The van der Waals surface area contributed by atoms with Gasteiger partial charge >= 0.3 is 0 Å². The van der Waals surface area contributed by atoms with E-state index in [1.54, 1.807) is 50.6 Å². The Morgan fingerprint density at radius 1 is 1.11 bits per heavy atom. The predicted octanol–water partition coefficient (Wildman–Crippen LogP) is 3.25. The maximum absolute atomic E-state index is 13.7. The minimum absolute atomic E-state index is 0. The van der Waals surface area contributed by atoms with Gasteiger partial charge in [-0.1, -0.05) is 18.2 Å². The Morgan fingerprint density at radius 3 is 2.32 bits per heavy atom. The molecule has 1 unspecified atom stereocenters. The highest BCUT2D eigenvalue weighted by atomic mass is 127. The summed E-state index contributed by atoms with van der Waals surface area (Å²) in [5.74, 6) is 1.40. The molecule has 0 aliphatic heterocycles. The molecule has 8 heteroatoms. The highest BCUT2D eigenvalue weighted by Crippen LogP contribution is 2.26. The summed E-state index contributed by atoms with van der Waals surface area (Å²) in [6.07, 6.45) is -0.800. The van der Waals surface area contributed by atoms with Gasteiger partial charge in [-0.05, 0) is 30.7 Å². The van der Waals surface area contributed by atoms with Gasteiger partial charge < -0.3 is 25.2 Å². The highest BCUT2D eigenvalue weighted by molar-refractivity contribution is 14.0. The Balaban J connectivity index is 0.00000392. The van der Waals surface area contributed by atoms with Crippen molar-refractivity contribution in [1.29, 1.82) is 0 Å². The maximum Gasteiger partial charge on any atom is 0.191 e. The summed E-state index contributed by atoms with van der Waals surface area (Å²) >= 11 is 0. The minimum atomic E-state index is -0.800. The Labute approximate surface area is 182 Å². The number of guanidine groups is 1. The molecule has 0 saturated heterocycles. The number of nitrogens with one attached hydrogen (secondary N) is 2. The molecule has 0 aliphatic carbocycles. The summed E-state index contributed by atoms with van der Waals surface area (Å²) in [4.78, 5) is 4.37. The Hall–Kier alpha value is -2.07. The van der Waals surface area contributed by atoms with Gasteiger partial charge in [0, 0.05) is 24.7 Å². The molecule has 0 fully saturated rings. The molecule has 28 heavy (non-hydrogen) atoms. The minimum Gasteiger partial charge on any atom is -0.497 e. The van der Waals surface area contributed by atoms with Crippen molar-refractivity contribution in [3.05, 3.63) is 59.4 Å². The van der Waals surface area contributed by atoms with Gasteiger partial charge in [0.2, 0.25) is 0 Å². The summed E-state index contributed by atoms with van der Waals surface area (Å²) in [6.45, 7) is 3.00. The van der Waals surface area contributed by atoms with Crippen LogP contribution in [0.2, 0.25) is 0 Å². The zero-order chi connectivity index (χ0) is 19.6. The fourth-order valence-corrected chi connectivity index (χ4v) is 2.47. The Kier molecular flexibility index (Phi) is 10.6. The van der Waals surface area contributed by atoms with Crippen molar-refractivity contribution in [2.75, 3.05) is 27.3 Å². The van der Waals surface area contributed by atoms with Crippen molar-refractivity contribution in [2.45, 2.75) is 19.6 Å². The van der Waals surface area contributed by atoms with E-state index in [9.17, 15) is 9.50 Å². The van der Waals surface area contributed by atoms with E-state index in [0.29, 0.717) is 35.1 Å². The normalized spacial score (nSPS) is 12.0. The van der Waals surface area contributed by atoms with E-state index >= 15 is 0 Å². The van der Waals surface area contributed by atoms with Crippen molar-refractivity contribution < 1.29 is 19.0 Å². The first-order valence-electron chi connectivity index (χ1n) is 8.74. The third kappa shape index (κ3) is 7.16. The Morgan fingerprint density at radius 2 is 1.75 bits per heavy atom. The second-order valence-corrected chi connectivity index (χ2v) is 5.83. The van der Waals surface area contributed by atoms with E-state index in [-0.39, 0.29) is 42.9 Å². The molecule has 0 saturated carbocycles. The third-order valence-electron chi connectivity index (χ3n) is 3.93. The molecule has 6 nitrogen and oxygen atoms in total. The first-order valence-corrected chi connectivity index (χ1v) is 8.74. The molecule has 154 valence electrons. The fourth-order valence-electron chi connectivity index (χ4n) is 2.47. The monoisotopic (exact) mass is 503 g/mol. The smallest absolute Gasteiger partial charge is 0.191 e. The van der Waals surface area contributed by atoms with Gasteiger partial charge in [0.15, 0.2) is 5.96 Å². The number of aliphatic hydroxyl groups is 1. The largest absolute Gasteiger partial charge is 0.497 e. The van der Waals surface area contributed by atoms with Crippen molar-refractivity contribution in [3.63, 3.8) is 0 Å². The molecule has 0 aromatic heterocycles. The molecule has 2 rings (SSSR count). The average Bonchev–Trinajstić information content (AvgIpc) is 2.70. The van der Waals surface area contributed by atoms with E-state index in [2.05, 4.69) is 15.6 Å². The maximum atomic E-state index is 13.7. The van der Waals surface area contributed by atoms with Crippen molar-refractivity contribution >= 4 is 29.9 Å². The molecule has 0 spiro atoms. The SMILES string of the molecule is CCNC(=NCc1ccccc1F)NCC(O)c1cc(OC)cc(OC)c1.I. The van der Waals surface area contributed by atoms with Gasteiger partial charge in [-0.25, -0.2) is 9.38 Å². The first-order chi connectivity index (χ1) is 13.1. The number of hydrogen-bond acceptors (Lipinski definition) is 4. The summed E-state index contributed by atoms with van der Waals surface area (Å²) in [5.41, 5.74) is 1.16. The number of hydrogen-bond donors (Lipinski definition) is 3. The van der Waals surface area contributed by atoms with Crippen molar-refractivity contribution in [2.24, 2.45) is 4.99 Å². The lowest BCUT2D eigenvalue weighted by molar-refractivity contribution is 0.180. The van der Waals surface area contributed by atoms with Crippen molar-refractivity contribution in [3.8, 4) is 11.5 Å². The van der Waals surface area contributed by atoms with Gasteiger partial charge in [0.05, 0.1) is 26.9 Å². The quantitative estimate of drug-likeness (QED) is 0.293. The second-order valence-electron chi connectivity index (χ2n) is 5.83. The topological polar surface area (TPSA) is 75.1 Å². The summed E-state index contributed by atoms with van der Waals surface area (Å²) in [7, 11) is 3.11. The van der Waals surface area contributed by atoms with Gasteiger partial charge in [0.1, 0.15) is 17.3 Å². The van der Waals surface area contributed by atoms with E-state index < -0.39 is 6.10 Å². The van der Waals surface area contributed by atoms with Gasteiger partial charge in [-0.2, -0.15) is 0 Å². The van der Waals surface area contributed by atoms with Crippen LogP contribution in [0.1, 0.15) is 24.2 Å². The molecule has 2 aromatic rings. The molecule has 0 bridgehead atoms.